The third-order valence-electron chi connectivity index (χ3n) is 2.83. The summed E-state index contributed by atoms with van der Waals surface area (Å²) in [6, 6.07) is 6.13. The molecule has 3 aromatic rings. The molecule has 3 rings (SSSR count). The van der Waals surface area contributed by atoms with Crippen molar-refractivity contribution >= 4 is 22.3 Å². The number of aryl methyl sites for hydroxylation is 1. The van der Waals surface area contributed by atoms with Crippen LogP contribution in [-0.4, -0.2) is 25.7 Å². The molecule has 0 radical (unpaired) electrons. The quantitative estimate of drug-likeness (QED) is 0.802. The van der Waals surface area contributed by atoms with Gasteiger partial charge in [-0.2, -0.15) is 0 Å². The maximum Gasteiger partial charge on any atom is 0.303 e. The second-order valence-electron chi connectivity index (χ2n) is 4.24. The number of hydrogen-bond donors (Lipinski definition) is 1. The summed E-state index contributed by atoms with van der Waals surface area (Å²) in [4.78, 5) is 15.5. The molecule has 0 bridgehead atoms. The van der Waals surface area contributed by atoms with Gasteiger partial charge in [-0.1, -0.05) is 0 Å². The van der Waals surface area contributed by atoms with E-state index in [0.29, 0.717) is 17.2 Å². The first kappa shape index (κ1) is 12.7. The molecule has 0 unspecified atom stereocenters. The number of carbonyl (C=O) groups is 1. The first-order valence-corrected chi connectivity index (χ1v) is 6.82. The highest BCUT2D eigenvalue weighted by molar-refractivity contribution is 7.15. The number of aliphatic carboxylic acids is 1. The summed E-state index contributed by atoms with van der Waals surface area (Å²) in [6.07, 6.45) is 0.302. The SMILES string of the molecule is O=C(O)CCc1nc2scc(-c3ccc(F)cc3)n2n1. The second kappa shape index (κ2) is 5.01. The van der Waals surface area contributed by atoms with Crippen molar-refractivity contribution in [1.82, 2.24) is 14.6 Å². The standard InChI is InChI=1S/C13H10FN3O2S/c14-9-3-1-8(2-4-9)10-7-20-13-15-11(16-17(10)13)5-6-12(18)19/h1-4,7H,5-6H2,(H,18,19). The lowest BCUT2D eigenvalue weighted by Gasteiger charge is -1.98. The van der Waals surface area contributed by atoms with E-state index in [1.807, 2.05) is 5.38 Å². The van der Waals surface area contributed by atoms with Gasteiger partial charge in [0.25, 0.3) is 0 Å². The third-order valence-corrected chi connectivity index (χ3v) is 3.64. The van der Waals surface area contributed by atoms with Crippen molar-refractivity contribution in [2.24, 2.45) is 0 Å². The Balaban J connectivity index is 1.96. The van der Waals surface area contributed by atoms with E-state index < -0.39 is 5.97 Å². The van der Waals surface area contributed by atoms with Gasteiger partial charge in [0.05, 0.1) is 12.1 Å². The first-order chi connectivity index (χ1) is 9.63. The van der Waals surface area contributed by atoms with Crippen LogP contribution in [0.25, 0.3) is 16.2 Å². The molecule has 1 N–H and O–H groups in total. The van der Waals surface area contributed by atoms with Crippen LogP contribution in [0.3, 0.4) is 0 Å². The molecule has 0 aliphatic carbocycles. The number of aromatic nitrogens is 3. The second-order valence-corrected chi connectivity index (χ2v) is 5.08. The van der Waals surface area contributed by atoms with Crippen LogP contribution in [0.1, 0.15) is 12.2 Å². The van der Waals surface area contributed by atoms with Crippen LogP contribution >= 0.6 is 11.3 Å². The number of thiazole rings is 1. The zero-order valence-electron chi connectivity index (χ0n) is 10.3. The molecule has 102 valence electrons. The van der Waals surface area contributed by atoms with Crippen molar-refractivity contribution < 1.29 is 14.3 Å². The predicted molar refractivity (Wildman–Crippen MR) is 72.2 cm³/mol. The molecule has 1 aromatic carbocycles. The largest absolute Gasteiger partial charge is 0.481 e. The average Bonchev–Trinajstić information content (AvgIpc) is 2.97. The zero-order valence-corrected chi connectivity index (χ0v) is 11.1. The fraction of sp³-hybridized carbons (Fsp3) is 0.154. The van der Waals surface area contributed by atoms with Crippen LogP contribution in [0.4, 0.5) is 4.39 Å². The molecule has 2 aromatic heterocycles. The van der Waals surface area contributed by atoms with Gasteiger partial charge in [0.1, 0.15) is 5.82 Å². The maximum absolute atomic E-state index is 12.9. The normalized spacial score (nSPS) is 11.1. The van der Waals surface area contributed by atoms with E-state index in [1.165, 1.54) is 23.5 Å². The van der Waals surface area contributed by atoms with Crippen LogP contribution in [-0.2, 0) is 11.2 Å². The monoisotopic (exact) mass is 291 g/mol. The smallest absolute Gasteiger partial charge is 0.303 e. The first-order valence-electron chi connectivity index (χ1n) is 5.94. The van der Waals surface area contributed by atoms with Crippen molar-refractivity contribution in [2.45, 2.75) is 12.8 Å². The number of rotatable bonds is 4. The van der Waals surface area contributed by atoms with E-state index >= 15 is 0 Å². The minimum Gasteiger partial charge on any atom is -0.481 e. The fourth-order valence-corrected chi connectivity index (χ4v) is 2.72. The van der Waals surface area contributed by atoms with Gasteiger partial charge in [-0.15, -0.1) is 16.4 Å². The van der Waals surface area contributed by atoms with E-state index in [1.54, 1.807) is 16.6 Å². The lowest BCUT2D eigenvalue weighted by atomic mass is 10.2. The molecule has 0 amide bonds. The Hall–Kier alpha value is -2.28. The van der Waals surface area contributed by atoms with Gasteiger partial charge >= 0.3 is 5.97 Å². The van der Waals surface area contributed by atoms with E-state index in [4.69, 9.17) is 5.11 Å². The lowest BCUT2D eigenvalue weighted by Crippen LogP contribution is -1.99. The average molecular weight is 291 g/mol. The summed E-state index contributed by atoms with van der Waals surface area (Å²) in [7, 11) is 0. The molecule has 0 saturated carbocycles. The molecular formula is C13H10FN3O2S. The highest BCUT2D eigenvalue weighted by Gasteiger charge is 2.12. The molecule has 7 heteroatoms. The minimum atomic E-state index is -0.873. The van der Waals surface area contributed by atoms with Crippen molar-refractivity contribution in [3.05, 3.63) is 41.3 Å². The van der Waals surface area contributed by atoms with Crippen molar-refractivity contribution in [3.8, 4) is 11.3 Å². The molecule has 0 atom stereocenters. The highest BCUT2D eigenvalue weighted by atomic mass is 32.1. The van der Waals surface area contributed by atoms with Crippen molar-refractivity contribution in [1.29, 1.82) is 0 Å². The van der Waals surface area contributed by atoms with Crippen LogP contribution in [0.2, 0.25) is 0 Å². The molecule has 20 heavy (non-hydrogen) atoms. The molecule has 2 heterocycles. The van der Waals surface area contributed by atoms with Crippen LogP contribution in [0.15, 0.2) is 29.6 Å². The van der Waals surface area contributed by atoms with Gasteiger partial charge in [0.15, 0.2) is 5.82 Å². The maximum atomic E-state index is 12.9. The van der Waals surface area contributed by atoms with Gasteiger partial charge in [-0.3, -0.25) is 4.79 Å². The third kappa shape index (κ3) is 2.39. The van der Waals surface area contributed by atoms with Gasteiger partial charge in [0.2, 0.25) is 4.96 Å². The Morgan fingerprint density at radius 1 is 1.35 bits per heavy atom. The predicted octanol–water partition coefficient (Wildman–Crippen LogP) is 2.61. The summed E-state index contributed by atoms with van der Waals surface area (Å²) in [5.74, 6) is -0.662. The molecule has 0 aliphatic heterocycles. The lowest BCUT2D eigenvalue weighted by molar-refractivity contribution is -0.137. The van der Waals surface area contributed by atoms with Crippen molar-refractivity contribution in [2.75, 3.05) is 0 Å². The number of benzene rings is 1. The Morgan fingerprint density at radius 2 is 2.10 bits per heavy atom. The number of fused-ring (bicyclic) bond motifs is 1. The Bertz CT molecular complexity index is 764. The van der Waals surface area contributed by atoms with Gasteiger partial charge in [-0.05, 0) is 24.3 Å². The summed E-state index contributed by atoms with van der Waals surface area (Å²) in [5, 5.41) is 14.9. The van der Waals surface area contributed by atoms with E-state index in [-0.39, 0.29) is 12.2 Å². The summed E-state index contributed by atoms with van der Waals surface area (Å²) >= 11 is 1.42. The summed E-state index contributed by atoms with van der Waals surface area (Å²) in [6.45, 7) is 0. The molecule has 0 aliphatic rings. The van der Waals surface area contributed by atoms with Gasteiger partial charge in [0, 0.05) is 17.4 Å². The number of hydrogen-bond acceptors (Lipinski definition) is 4. The van der Waals surface area contributed by atoms with Gasteiger partial charge < -0.3 is 5.11 Å². The molecule has 0 saturated heterocycles. The Morgan fingerprint density at radius 3 is 2.80 bits per heavy atom. The molecule has 0 spiro atoms. The molecule has 0 fully saturated rings. The topological polar surface area (TPSA) is 67.5 Å². The Labute approximate surface area is 117 Å². The van der Waals surface area contributed by atoms with Gasteiger partial charge in [-0.25, -0.2) is 13.9 Å². The van der Waals surface area contributed by atoms with E-state index in [0.717, 1.165) is 11.3 Å². The molecule has 5 nitrogen and oxygen atoms in total. The zero-order chi connectivity index (χ0) is 14.1. The number of carboxylic acids is 1. The minimum absolute atomic E-state index is 0.00369. The van der Waals surface area contributed by atoms with E-state index in [2.05, 4.69) is 10.1 Å². The Kier molecular flexibility index (Phi) is 3.19. The summed E-state index contributed by atoms with van der Waals surface area (Å²) < 4.78 is 14.6. The number of nitrogens with zero attached hydrogens (tertiary/aromatic N) is 3. The van der Waals surface area contributed by atoms with Crippen molar-refractivity contribution in [3.63, 3.8) is 0 Å². The van der Waals surface area contributed by atoms with Crippen LogP contribution in [0.5, 0.6) is 0 Å². The number of halogens is 1. The van der Waals surface area contributed by atoms with E-state index in [9.17, 15) is 9.18 Å². The van der Waals surface area contributed by atoms with Crippen LogP contribution < -0.4 is 0 Å². The highest BCUT2D eigenvalue weighted by Crippen LogP contribution is 2.25. The summed E-state index contributed by atoms with van der Waals surface area (Å²) in [5.41, 5.74) is 1.66. The molecular weight excluding hydrogens is 281 g/mol. The van der Waals surface area contributed by atoms with Crippen LogP contribution in [0, 0.1) is 5.82 Å². The fourth-order valence-electron chi connectivity index (χ4n) is 1.87. The number of carboxylic acid groups (broad SMARTS) is 1.